The average Bonchev–Trinajstić information content (AvgIpc) is 3.06. The highest BCUT2D eigenvalue weighted by Crippen LogP contribution is 2.55. The number of benzene rings is 1. The van der Waals surface area contributed by atoms with E-state index in [2.05, 4.69) is 0 Å². The Bertz CT molecular complexity index is 1340. The monoisotopic (exact) mass is 509 g/mol. The number of amides is 2. The van der Waals surface area contributed by atoms with Gasteiger partial charge in [-0.15, -0.1) is 0 Å². The predicted octanol–water partition coefficient (Wildman–Crippen LogP) is 3.34. The predicted molar refractivity (Wildman–Crippen MR) is 128 cm³/mol. The number of likely N-dealkylation sites (tertiary alicyclic amines) is 1. The van der Waals surface area contributed by atoms with Gasteiger partial charge < -0.3 is 10.2 Å². The van der Waals surface area contributed by atoms with Crippen molar-refractivity contribution in [1.29, 1.82) is 0 Å². The van der Waals surface area contributed by atoms with E-state index in [9.17, 15) is 29.1 Å². The molecule has 4 aliphatic rings. The van der Waals surface area contributed by atoms with Gasteiger partial charge in [-0.05, 0) is 55.9 Å². The molecule has 0 spiro atoms. The number of fused-ring (bicyclic) bond motifs is 3. The molecule has 5 rings (SSSR count). The summed E-state index contributed by atoms with van der Waals surface area (Å²) in [7, 11) is 0. The first-order chi connectivity index (χ1) is 17.1. The molecule has 2 N–H and O–H groups in total. The third-order valence-electron chi connectivity index (χ3n) is 7.72. The fraction of sp³-hybridized carbons (Fsp3) is 0.370. The second-order valence-electron chi connectivity index (χ2n) is 9.76. The first-order valence-corrected chi connectivity index (χ1v) is 12.2. The lowest BCUT2D eigenvalue weighted by molar-refractivity contribution is -0.142. The molecule has 1 aromatic carbocycles. The number of ketones is 2. The van der Waals surface area contributed by atoms with Crippen molar-refractivity contribution in [1.82, 2.24) is 4.90 Å². The molecule has 4 unspecified atom stereocenters. The van der Waals surface area contributed by atoms with E-state index >= 15 is 0 Å². The van der Waals surface area contributed by atoms with Crippen molar-refractivity contribution in [3.8, 4) is 5.75 Å². The van der Waals surface area contributed by atoms with Crippen LogP contribution in [0.4, 0.5) is 0 Å². The van der Waals surface area contributed by atoms with Crippen molar-refractivity contribution >= 4 is 41.0 Å². The Labute approximate surface area is 211 Å². The molecule has 36 heavy (non-hydrogen) atoms. The molecule has 3 aliphatic carbocycles. The number of carboxylic acid groups (broad SMARTS) is 1. The van der Waals surface area contributed by atoms with Gasteiger partial charge >= 0.3 is 5.97 Å². The number of aliphatic carboxylic acids is 1. The van der Waals surface area contributed by atoms with Crippen LogP contribution in [0.1, 0.15) is 44.1 Å². The van der Waals surface area contributed by atoms with E-state index in [-0.39, 0.29) is 60.0 Å². The second kappa shape index (κ2) is 8.85. The SMILES string of the molecule is CC1=CC(=O)C2=C(CC3C(=CCC4C(=O)N(CCCC(=O)O)C(=O)C43)C2c2ccc(O)cc2Cl)C1=O. The lowest BCUT2D eigenvalue weighted by Gasteiger charge is -2.42. The number of imide groups is 1. The maximum absolute atomic E-state index is 13.5. The molecular weight excluding hydrogens is 486 g/mol. The van der Waals surface area contributed by atoms with Crippen molar-refractivity contribution in [2.24, 2.45) is 17.8 Å². The summed E-state index contributed by atoms with van der Waals surface area (Å²) < 4.78 is 0. The van der Waals surface area contributed by atoms with E-state index in [1.54, 1.807) is 13.0 Å². The Kier molecular flexibility index (Phi) is 5.95. The van der Waals surface area contributed by atoms with Crippen LogP contribution in [0.15, 0.2) is 52.6 Å². The number of carbonyl (C=O) groups excluding carboxylic acids is 4. The van der Waals surface area contributed by atoms with Gasteiger partial charge in [0.1, 0.15) is 5.75 Å². The molecule has 0 saturated carbocycles. The van der Waals surface area contributed by atoms with Crippen LogP contribution in [-0.2, 0) is 24.0 Å². The van der Waals surface area contributed by atoms with Crippen LogP contribution in [0, 0.1) is 17.8 Å². The number of Topliss-reactive ketones (excluding diaryl/α,β-unsaturated/α-hetero) is 1. The molecule has 1 saturated heterocycles. The number of carboxylic acids is 1. The Morgan fingerprint density at radius 3 is 2.58 bits per heavy atom. The minimum Gasteiger partial charge on any atom is -0.508 e. The fourth-order valence-corrected chi connectivity index (χ4v) is 6.45. The number of hydrogen-bond donors (Lipinski definition) is 2. The molecule has 9 heteroatoms. The summed E-state index contributed by atoms with van der Waals surface area (Å²) in [6.45, 7) is 1.61. The first kappa shape index (κ1) is 24.2. The number of halogens is 1. The minimum atomic E-state index is -1.00. The normalized spacial score (nSPS) is 27.4. The third-order valence-corrected chi connectivity index (χ3v) is 8.05. The highest BCUT2D eigenvalue weighted by atomic mass is 35.5. The molecule has 0 aromatic heterocycles. The van der Waals surface area contributed by atoms with Crippen molar-refractivity contribution < 1.29 is 34.2 Å². The van der Waals surface area contributed by atoms with Crippen molar-refractivity contribution in [2.45, 2.75) is 38.5 Å². The van der Waals surface area contributed by atoms with Gasteiger partial charge in [0, 0.05) is 40.6 Å². The highest BCUT2D eigenvalue weighted by molar-refractivity contribution is 6.32. The summed E-state index contributed by atoms with van der Waals surface area (Å²) >= 11 is 6.51. The topological polar surface area (TPSA) is 129 Å². The molecule has 1 fully saturated rings. The zero-order chi connectivity index (χ0) is 25.9. The highest BCUT2D eigenvalue weighted by Gasteiger charge is 2.56. The van der Waals surface area contributed by atoms with E-state index in [1.807, 2.05) is 6.08 Å². The van der Waals surface area contributed by atoms with Gasteiger partial charge in [0.15, 0.2) is 11.6 Å². The number of nitrogens with zero attached hydrogens (tertiary/aromatic N) is 1. The minimum absolute atomic E-state index is 0.0272. The molecule has 186 valence electrons. The lowest BCUT2D eigenvalue weighted by Crippen LogP contribution is -2.40. The van der Waals surface area contributed by atoms with Gasteiger partial charge in [-0.1, -0.05) is 29.3 Å². The van der Waals surface area contributed by atoms with Crippen LogP contribution in [-0.4, -0.2) is 51.0 Å². The molecule has 0 bridgehead atoms. The van der Waals surface area contributed by atoms with Crippen LogP contribution in [0.5, 0.6) is 5.75 Å². The number of carbonyl (C=O) groups is 5. The number of hydrogen-bond acceptors (Lipinski definition) is 6. The first-order valence-electron chi connectivity index (χ1n) is 11.9. The van der Waals surface area contributed by atoms with Crippen LogP contribution in [0.2, 0.25) is 5.02 Å². The van der Waals surface area contributed by atoms with Crippen molar-refractivity contribution in [2.75, 3.05) is 6.54 Å². The summed E-state index contributed by atoms with van der Waals surface area (Å²) in [6, 6.07) is 4.45. The van der Waals surface area contributed by atoms with E-state index in [0.717, 1.165) is 10.5 Å². The summed E-state index contributed by atoms with van der Waals surface area (Å²) in [5.41, 5.74) is 2.29. The van der Waals surface area contributed by atoms with Crippen LogP contribution >= 0.6 is 11.6 Å². The maximum atomic E-state index is 13.5. The molecule has 1 heterocycles. The molecule has 1 aliphatic heterocycles. The number of rotatable bonds is 5. The van der Waals surface area contributed by atoms with Gasteiger partial charge in [-0.2, -0.15) is 0 Å². The molecular formula is C27H24ClNO7. The Balaban J connectivity index is 1.59. The van der Waals surface area contributed by atoms with E-state index in [1.165, 1.54) is 18.2 Å². The van der Waals surface area contributed by atoms with Crippen LogP contribution < -0.4 is 0 Å². The number of aromatic hydroxyl groups is 1. The standard InChI is InChI=1S/C27H24ClNO7/c1-12-9-20(31)24-18(25(12)34)11-17-14(22(24)15-5-4-13(30)10-19(15)28)6-7-16-23(17)27(36)29(26(16)35)8-2-3-21(32)33/h4-6,9-10,16-17,22-23,30H,2-3,7-8,11H2,1H3,(H,32,33). The number of phenols is 1. The Hall–Kier alpha value is -3.52. The molecule has 8 nitrogen and oxygen atoms in total. The zero-order valence-corrected chi connectivity index (χ0v) is 20.2. The van der Waals surface area contributed by atoms with E-state index in [4.69, 9.17) is 16.7 Å². The van der Waals surface area contributed by atoms with Gasteiger partial charge in [-0.25, -0.2) is 0 Å². The van der Waals surface area contributed by atoms with E-state index < -0.39 is 29.6 Å². The van der Waals surface area contributed by atoms with Crippen molar-refractivity contribution in [3.63, 3.8) is 0 Å². The molecule has 0 radical (unpaired) electrons. The second-order valence-corrected chi connectivity index (χ2v) is 10.2. The Morgan fingerprint density at radius 1 is 1.14 bits per heavy atom. The van der Waals surface area contributed by atoms with E-state index in [0.29, 0.717) is 28.7 Å². The van der Waals surface area contributed by atoms with Crippen molar-refractivity contribution in [3.05, 3.63) is 63.2 Å². The summed E-state index contributed by atoms with van der Waals surface area (Å²) in [6.07, 6.45) is 3.67. The fourth-order valence-electron chi connectivity index (χ4n) is 6.16. The summed E-state index contributed by atoms with van der Waals surface area (Å²) in [5, 5.41) is 19.1. The van der Waals surface area contributed by atoms with Gasteiger partial charge in [0.2, 0.25) is 11.8 Å². The average molecular weight is 510 g/mol. The third kappa shape index (κ3) is 3.71. The quantitative estimate of drug-likeness (QED) is 0.354. The maximum Gasteiger partial charge on any atom is 0.303 e. The summed E-state index contributed by atoms with van der Waals surface area (Å²) in [4.78, 5) is 65.1. The van der Waals surface area contributed by atoms with Gasteiger partial charge in [-0.3, -0.25) is 28.9 Å². The largest absolute Gasteiger partial charge is 0.508 e. The lowest BCUT2D eigenvalue weighted by atomic mass is 9.59. The van der Waals surface area contributed by atoms with Gasteiger partial charge in [0.25, 0.3) is 0 Å². The summed E-state index contributed by atoms with van der Waals surface area (Å²) in [5.74, 6) is -4.76. The Morgan fingerprint density at radius 2 is 1.89 bits per heavy atom. The number of phenolic OH excluding ortho intramolecular Hbond substituents is 1. The van der Waals surface area contributed by atoms with Crippen LogP contribution in [0.25, 0.3) is 0 Å². The van der Waals surface area contributed by atoms with Gasteiger partial charge in [0.05, 0.1) is 11.8 Å². The molecule has 2 amide bonds. The van der Waals surface area contributed by atoms with Crippen LogP contribution in [0.3, 0.4) is 0 Å². The molecule has 1 aromatic rings. The molecule has 4 atom stereocenters. The number of allylic oxidation sites excluding steroid dienone is 6. The zero-order valence-electron chi connectivity index (χ0n) is 19.5. The smallest absolute Gasteiger partial charge is 0.303 e.